The summed E-state index contributed by atoms with van der Waals surface area (Å²) in [4.78, 5) is 24.6. The van der Waals surface area contributed by atoms with E-state index in [0.717, 1.165) is 57.8 Å². The normalized spacial score (nSPS) is 12.4. The van der Waals surface area contributed by atoms with Gasteiger partial charge in [0.05, 0.1) is 6.61 Å². The second-order valence-electron chi connectivity index (χ2n) is 21.1. The van der Waals surface area contributed by atoms with E-state index in [4.69, 9.17) is 9.47 Å². The fourth-order valence-corrected chi connectivity index (χ4v) is 9.49. The Labute approximate surface area is 437 Å². The summed E-state index contributed by atoms with van der Waals surface area (Å²) in [7, 11) is 0. The lowest BCUT2D eigenvalue weighted by Crippen LogP contribution is -2.28. The Kier molecular flexibility index (Phi) is 59.3. The maximum Gasteiger partial charge on any atom is 0.306 e. The van der Waals surface area contributed by atoms with E-state index >= 15 is 0 Å². The van der Waals surface area contributed by atoms with Gasteiger partial charge in [0.2, 0.25) is 0 Å². The monoisotopic (exact) mass is 981 g/mol. The third-order valence-corrected chi connectivity index (χ3v) is 14.1. The topological polar surface area (TPSA) is 72.8 Å². The SMILES string of the molecule is CC/C=C\C/C=C\C/C=C\C/C=C\CCCCCCCCCCCCCCCCCCC(=O)OC(CO)COC(=O)CCCCCCCCCCCCCCCCCCCCCCCCCCCCC. The summed E-state index contributed by atoms with van der Waals surface area (Å²) in [6.45, 7) is 4.08. The van der Waals surface area contributed by atoms with Crippen LogP contribution in [0.25, 0.3) is 0 Å². The minimum atomic E-state index is -0.771. The number of hydrogen-bond acceptors (Lipinski definition) is 5. The van der Waals surface area contributed by atoms with Gasteiger partial charge in [-0.1, -0.05) is 319 Å². The molecule has 1 atom stereocenters. The Bertz CT molecular complexity index is 1150. The van der Waals surface area contributed by atoms with Crippen molar-refractivity contribution in [3.63, 3.8) is 0 Å². The van der Waals surface area contributed by atoms with Crippen molar-refractivity contribution in [2.75, 3.05) is 13.2 Å². The fourth-order valence-electron chi connectivity index (χ4n) is 9.49. The van der Waals surface area contributed by atoms with Gasteiger partial charge in [0, 0.05) is 12.8 Å². The van der Waals surface area contributed by atoms with Crippen LogP contribution in [-0.2, 0) is 19.1 Å². The van der Waals surface area contributed by atoms with Gasteiger partial charge in [-0.25, -0.2) is 0 Å². The predicted octanol–water partition coefficient (Wildman–Crippen LogP) is 21.2. The first kappa shape index (κ1) is 67.9. The van der Waals surface area contributed by atoms with E-state index in [9.17, 15) is 14.7 Å². The highest BCUT2D eigenvalue weighted by Crippen LogP contribution is 2.18. The molecule has 0 amide bonds. The lowest BCUT2D eigenvalue weighted by molar-refractivity contribution is -0.161. The molecule has 0 aliphatic rings. The second kappa shape index (κ2) is 61.2. The van der Waals surface area contributed by atoms with Gasteiger partial charge in [0.1, 0.15) is 6.61 Å². The Morgan fingerprint density at radius 1 is 0.343 bits per heavy atom. The molecule has 0 saturated carbocycles. The summed E-state index contributed by atoms with van der Waals surface area (Å²) < 4.78 is 10.7. The van der Waals surface area contributed by atoms with E-state index in [2.05, 4.69) is 62.5 Å². The second-order valence-corrected chi connectivity index (χ2v) is 21.1. The Hall–Kier alpha value is -2.14. The standard InChI is InChI=1S/C65H120O5/c1-3-5-7-9-11-13-15-17-19-21-23-25-27-29-31-32-34-36-38-40-42-44-46-48-50-52-54-56-58-60-65(68)70-63(61-66)62-69-64(67)59-57-55-53-51-49-47-45-43-41-39-37-35-33-30-28-26-24-22-20-18-16-14-12-10-8-6-4-2/h5,7,11,13,17,19,23,25,63,66H,3-4,6,8-10,12,14-16,18,20-22,24,26-62H2,1-2H3/b7-5-,13-11-,19-17-,25-23-. The van der Waals surface area contributed by atoms with E-state index in [1.54, 1.807) is 0 Å². The van der Waals surface area contributed by atoms with Gasteiger partial charge in [-0.15, -0.1) is 0 Å². The van der Waals surface area contributed by atoms with Crippen molar-refractivity contribution in [3.05, 3.63) is 48.6 Å². The third kappa shape index (κ3) is 58.4. The molecule has 410 valence electrons. The van der Waals surface area contributed by atoms with E-state index in [1.807, 2.05) is 0 Å². The molecule has 0 aliphatic heterocycles. The van der Waals surface area contributed by atoms with Crippen LogP contribution in [0.1, 0.15) is 335 Å². The van der Waals surface area contributed by atoms with Crippen LogP contribution in [0.3, 0.4) is 0 Å². The van der Waals surface area contributed by atoms with Crippen molar-refractivity contribution >= 4 is 11.9 Å². The largest absolute Gasteiger partial charge is 0.462 e. The summed E-state index contributed by atoms with van der Waals surface area (Å²) in [6, 6.07) is 0. The molecule has 0 fully saturated rings. The summed E-state index contributed by atoms with van der Waals surface area (Å²) in [5.74, 6) is -0.571. The van der Waals surface area contributed by atoms with Gasteiger partial charge in [0.25, 0.3) is 0 Å². The molecule has 0 radical (unpaired) electrons. The molecule has 0 rings (SSSR count). The van der Waals surface area contributed by atoms with Crippen molar-refractivity contribution in [1.82, 2.24) is 0 Å². The van der Waals surface area contributed by atoms with Gasteiger partial charge in [0.15, 0.2) is 6.10 Å². The third-order valence-electron chi connectivity index (χ3n) is 14.1. The number of allylic oxidation sites excluding steroid dienone is 8. The number of esters is 2. The Morgan fingerprint density at radius 2 is 0.614 bits per heavy atom. The highest BCUT2D eigenvalue weighted by molar-refractivity contribution is 5.70. The van der Waals surface area contributed by atoms with E-state index in [-0.39, 0.29) is 25.2 Å². The molecule has 0 bridgehead atoms. The van der Waals surface area contributed by atoms with E-state index in [1.165, 1.54) is 250 Å². The number of hydrogen-bond donors (Lipinski definition) is 1. The molecular weight excluding hydrogens is 861 g/mol. The molecule has 0 aromatic carbocycles. The van der Waals surface area contributed by atoms with Gasteiger partial charge < -0.3 is 14.6 Å². The maximum atomic E-state index is 12.3. The van der Waals surface area contributed by atoms with Crippen molar-refractivity contribution in [2.45, 2.75) is 341 Å². The van der Waals surface area contributed by atoms with Gasteiger partial charge >= 0.3 is 11.9 Å². The molecule has 1 unspecified atom stereocenters. The number of unbranched alkanes of at least 4 members (excludes halogenated alkanes) is 42. The van der Waals surface area contributed by atoms with Gasteiger partial charge in [-0.3, -0.25) is 9.59 Å². The van der Waals surface area contributed by atoms with Crippen LogP contribution in [0.5, 0.6) is 0 Å². The molecular formula is C65H120O5. The molecule has 0 spiro atoms. The lowest BCUT2D eigenvalue weighted by Gasteiger charge is -2.15. The number of carbonyl (C=O) groups is 2. The lowest BCUT2D eigenvalue weighted by atomic mass is 10.0. The number of aliphatic hydroxyl groups excluding tert-OH is 1. The molecule has 1 N–H and O–H groups in total. The van der Waals surface area contributed by atoms with Crippen molar-refractivity contribution in [3.8, 4) is 0 Å². The summed E-state index contributed by atoms with van der Waals surface area (Å²) >= 11 is 0. The predicted molar refractivity (Wildman–Crippen MR) is 307 cm³/mol. The number of ether oxygens (including phenoxy) is 2. The zero-order valence-electron chi connectivity index (χ0n) is 47.0. The first-order chi connectivity index (χ1) is 34.6. The summed E-state index contributed by atoms with van der Waals surface area (Å²) in [5.41, 5.74) is 0. The van der Waals surface area contributed by atoms with E-state index in [0.29, 0.717) is 12.8 Å². The van der Waals surface area contributed by atoms with Crippen LogP contribution >= 0.6 is 0 Å². The summed E-state index contributed by atoms with van der Waals surface area (Å²) in [6.07, 6.45) is 81.1. The number of rotatable bonds is 58. The molecule has 5 nitrogen and oxygen atoms in total. The van der Waals surface area contributed by atoms with Crippen LogP contribution in [-0.4, -0.2) is 36.4 Å². The quantitative estimate of drug-likeness (QED) is 0.0373. The smallest absolute Gasteiger partial charge is 0.306 e. The molecule has 5 heteroatoms. The Morgan fingerprint density at radius 3 is 0.929 bits per heavy atom. The molecule has 0 aromatic rings. The van der Waals surface area contributed by atoms with Crippen LogP contribution in [0.4, 0.5) is 0 Å². The van der Waals surface area contributed by atoms with Crippen LogP contribution < -0.4 is 0 Å². The van der Waals surface area contributed by atoms with Crippen LogP contribution in [0.2, 0.25) is 0 Å². The van der Waals surface area contributed by atoms with Crippen molar-refractivity contribution < 1.29 is 24.2 Å². The number of carbonyl (C=O) groups excluding carboxylic acids is 2. The molecule has 0 saturated heterocycles. The van der Waals surface area contributed by atoms with Crippen LogP contribution in [0.15, 0.2) is 48.6 Å². The first-order valence-corrected chi connectivity index (χ1v) is 31.2. The molecule has 0 heterocycles. The fraction of sp³-hybridized carbons (Fsp3) is 0.846. The van der Waals surface area contributed by atoms with E-state index < -0.39 is 6.10 Å². The molecule has 0 aromatic heterocycles. The van der Waals surface area contributed by atoms with Crippen molar-refractivity contribution in [1.29, 1.82) is 0 Å². The minimum absolute atomic E-state index is 0.0607. The van der Waals surface area contributed by atoms with Crippen molar-refractivity contribution in [2.24, 2.45) is 0 Å². The van der Waals surface area contributed by atoms with Gasteiger partial charge in [-0.05, 0) is 51.4 Å². The van der Waals surface area contributed by atoms with Crippen LogP contribution in [0, 0.1) is 0 Å². The minimum Gasteiger partial charge on any atom is -0.462 e. The zero-order chi connectivity index (χ0) is 50.6. The first-order valence-electron chi connectivity index (χ1n) is 31.2. The average molecular weight is 982 g/mol. The average Bonchev–Trinajstić information content (AvgIpc) is 3.36. The number of aliphatic hydroxyl groups is 1. The maximum absolute atomic E-state index is 12.3. The zero-order valence-corrected chi connectivity index (χ0v) is 47.0. The summed E-state index contributed by atoms with van der Waals surface area (Å²) in [5, 5.41) is 9.68. The highest BCUT2D eigenvalue weighted by atomic mass is 16.6. The molecule has 0 aliphatic carbocycles. The molecule has 70 heavy (non-hydrogen) atoms. The van der Waals surface area contributed by atoms with Gasteiger partial charge in [-0.2, -0.15) is 0 Å². The highest BCUT2D eigenvalue weighted by Gasteiger charge is 2.16. The Balaban J connectivity index is 3.42.